The third kappa shape index (κ3) is 3.09. The van der Waals surface area contributed by atoms with Crippen LogP contribution in [0.15, 0.2) is 24.3 Å². The number of anilines is 1. The van der Waals surface area contributed by atoms with E-state index in [4.69, 9.17) is 4.74 Å². The maximum absolute atomic E-state index is 10.2. The van der Waals surface area contributed by atoms with Gasteiger partial charge in [-0.05, 0) is 25.5 Å². The van der Waals surface area contributed by atoms with E-state index >= 15 is 0 Å². The number of ether oxygens (including phenoxy) is 1. The van der Waals surface area contributed by atoms with Crippen molar-refractivity contribution in [3.8, 4) is 5.75 Å². The molecule has 0 saturated heterocycles. The van der Waals surface area contributed by atoms with E-state index in [-0.39, 0.29) is 6.10 Å². The van der Waals surface area contributed by atoms with Crippen molar-refractivity contribution in [3.63, 3.8) is 0 Å². The second kappa shape index (κ2) is 5.27. The summed E-state index contributed by atoms with van der Waals surface area (Å²) in [5, 5.41) is 2.58. The molecular formula is C11H15NO2. The second-order valence-electron chi connectivity index (χ2n) is 3.13. The fourth-order valence-corrected chi connectivity index (χ4v) is 1.04. The molecule has 1 aromatic rings. The van der Waals surface area contributed by atoms with Crippen molar-refractivity contribution in [1.82, 2.24) is 0 Å². The van der Waals surface area contributed by atoms with Gasteiger partial charge < -0.3 is 10.1 Å². The van der Waals surface area contributed by atoms with Crippen molar-refractivity contribution in [2.45, 2.75) is 26.4 Å². The Morgan fingerprint density at radius 1 is 1.57 bits per heavy atom. The highest BCUT2D eigenvalue weighted by Gasteiger charge is 2.01. The van der Waals surface area contributed by atoms with Crippen LogP contribution in [0.3, 0.4) is 0 Å². The first-order valence-electron chi connectivity index (χ1n) is 4.73. The standard InChI is InChI=1S/C11H15NO2/c1-3-9(2)14-11-6-4-5-10(7-11)12-8-13/h4-9H,3H2,1-2H3,(H,12,13). The van der Waals surface area contributed by atoms with Crippen molar-refractivity contribution in [3.05, 3.63) is 24.3 Å². The SMILES string of the molecule is CCC(C)Oc1cccc(NC=O)c1. The topological polar surface area (TPSA) is 38.3 Å². The summed E-state index contributed by atoms with van der Waals surface area (Å²) in [5.74, 6) is 0.784. The summed E-state index contributed by atoms with van der Waals surface area (Å²) >= 11 is 0. The van der Waals surface area contributed by atoms with E-state index in [1.807, 2.05) is 25.1 Å². The maximum atomic E-state index is 10.2. The first-order chi connectivity index (χ1) is 6.76. The van der Waals surface area contributed by atoms with E-state index in [0.717, 1.165) is 17.9 Å². The van der Waals surface area contributed by atoms with E-state index in [9.17, 15) is 4.79 Å². The molecule has 0 saturated carbocycles. The number of carbonyl (C=O) groups excluding carboxylic acids is 1. The molecule has 1 atom stereocenters. The van der Waals surface area contributed by atoms with Crippen LogP contribution < -0.4 is 10.1 Å². The van der Waals surface area contributed by atoms with Crippen molar-refractivity contribution in [1.29, 1.82) is 0 Å². The number of benzene rings is 1. The summed E-state index contributed by atoms with van der Waals surface area (Å²) in [6.45, 7) is 4.08. The normalized spacial score (nSPS) is 11.9. The van der Waals surface area contributed by atoms with Gasteiger partial charge in [0.25, 0.3) is 0 Å². The lowest BCUT2D eigenvalue weighted by Crippen LogP contribution is -2.09. The summed E-state index contributed by atoms with van der Waals surface area (Å²) in [7, 11) is 0. The first-order valence-corrected chi connectivity index (χ1v) is 4.73. The van der Waals surface area contributed by atoms with Gasteiger partial charge in [-0.1, -0.05) is 13.0 Å². The molecule has 1 N–H and O–H groups in total. The Labute approximate surface area is 84.1 Å². The minimum atomic E-state index is 0.196. The molecule has 0 aromatic heterocycles. The van der Waals surface area contributed by atoms with Crippen LogP contribution in [0.25, 0.3) is 0 Å². The smallest absolute Gasteiger partial charge is 0.211 e. The highest BCUT2D eigenvalue weighted by molar-refractivity contribution is 5.71. The van der Waals surface area contributed by atoms with Crippen LogP contribution >= 0.6 is 0 Å². The van der Waals surface area contributed by atoms with Crippen LogP contribution in [0.1, 0.15) is 20.3 Å². The van der Waals surface area contributed by atoms with Gasteiger partial charge in [0, 0.05) is 11.8 Å². The largest absolute Gasteiger partial charge is 0.491 e. The number of nitrogens with one attached hydrogen (secondary N) is 1. The van der Waals surface area contributed by atoms with E-state index < -0.39 is 0 Å². The molecule has 0 spiro atoms. The van der Waals surface area contributed by atoms with Crippen LogP contribution in [0.5, 0.6) is 5.75 Å². The van der Waals surface area contributed by atoms with Gasteiger partial charge in [0.05, 0.1) is 6.10 Å². The molecule has 0 bridgehead atoms. The molecule has 0 heterocycles. The second-order valence-corrected chi connectivity index (χ2v) is 3.13. The zero-order valence-electron chi connectivity index (χ0n) is 8.49. The van der Waals surface area contributed by atoms with Crippen molar-refractivity contribution in [2.24, 2.45) is 0 Å². The van der Waals surface area contributed by atoms with Gasteiger partial charge in [0.15, 0.2) is 0 Å². The summed E-state index contributed by atoms with van der Waals surface area (Å²) in [5.41, 5.74) is 0.751. The highest BCUT2D eigenvalue weighted by Crippen LogP contribution is 2.18. The molecule has 3 nitrogen and oxygen atoms in total. The monoisotopic (exact) mass is 193 g/mol. The Kier molecular flexibility index (Phi) is 3.98. The minimum absolute atomic E-state index is 0.196. The van der Waals surface area contributed by atoms with E-state index in [2.05, 4.69) is 12.2 Å². The van der Waals surface area contributed by atoms with Crippen LogP contribution in [0.2, 0.25) is 0 Å². The van der Waals surface area contributed by atoms with Gasteiger partial charge in [0.1, 0.15) is 5.75 Å². The molecule has 1 aromatic carbocycles. The molecular weight excluding hydrogens is 178 g/mol. The average Bonchev–Trinajstić information content (AvgIpc) is 2.19. The third-order valence-corrected chi connectivity index (χ3v) is 1.97. The van der Waals surface area contributed by atoms with Gasteiger partial charge in [-0.15, -0.1) is 0 Å². The van der Waals surface area contributed by atoms with Crippen LogP contribution in [-0.4, -0.2) is 12.5 Å². The number of hydrogen-bond acceptors (Lipinski definition) is 2. The molecule has 1 amide bonds. The molecule has 1 unspecified atom stereocenters. The van der Waals surface area contributed by atoms with Gasteiger partial charge in [-0.2, -0.15) is 0 Å². The van der Waals surface area contributed by atoms with Gasteiger partial charge >= 0.3 is 0 Å². The predicted octanol–water partition coefficient (Wildman–Crippen LogP) is 2.43. The van der Waals surface area contributed by atoms with E-state index in [0.29, 0.717) is 6.41 Å². The van der Waals surface area contributed by atoms with Crippen LogP contribution in [0.4, 0.5) is 5.69 Å². The van der Waals surface area contributed by atoms with Crippen molar-refractivity contribution >= 4 is 12.1 Å². The zero-order chi connectivity index (χ0) is 10.4. The zero-order valence-corrected chi connectivity index (χ0v) is 8.49. The Morgan fingerprint density at radius 2 is 2.36 bits per heavy atom. The van der Waals surface area contributed by atoms with E-state index in [1.54, 1.807) is 6.07 Å². The van der Waals surface area contributed by atoms with Crippen molar-refractivity contribution < 1.29 is 9.53 Å². The van der Waals surface area contributed by atoms with E-state index in [1.165, 1.54) is 0 Å². The molecule has 0 aliphatic carbocycles. The maximum Gasteiger partial charge on any atom is 0.211 e. The Morgan fingerprint density at radius 3 is 3.00 bits per heavy atom. The first kappa shape index (κ1) is 10.6. The average molecular weight is 193 g/mol. The lowest BCUT2D eigenvalue weighted by Gasteiger charge is -2.12. The number of carbonyl (C=O) groups is 1. The highest BCUT2D eigenvalue weighted by atomic mass is 16.5. The molecule has 0 aliphatic rings. The molecule has 76 valence electrons. The Balaban J connectivity index is 2.67. The van der Waals surface area contributed by atoms with Crippen LogP contribution in [-0.2, 0) is 4.79 Å². The number of amides is 1. The van der Waals surface area contributed by atoms with Crippen molar-refractivity contribution in [2.75, 3.05) is 5.32 Å². The Bertz CT molecular complexity index is 299. The number of hydrogen-bond donors (Lipinski definition) is 1. The lowest BCUT2D eigenvalue weighted by atomic mass is 10.3. The summed E-state index contributed by atoms with van der Waals surface area (Å²) in [4.78, 5) is 10.2. The van der Waals surface area contributed by atoms with Gasteiger partial charge in [0.2, 0.25) is 6.41 Å². The molecule has 3 heteroatoms. The summed E-state index contributed by atoms with van der Waals surface area (Å²) in [6.07, 6.45) is 1.81. The molecule has 0 fully saturated rings. The number of rotatable bonds is 5. The summed E-state index contributed by atoms with van der Waals surface area (Å²) < 4.78 is 5.59. The molecule has 14 heavy (non-hydrogen) atoms. The summed E-state index contributed by atoms with van der Waals surface area (Å²) in [6, 6.07) is 7.35. The Hall–Kier alpha value is -1.51. The van der Waals surface area contributed by atoms with Gasteiger partial charge in [-0.3, -0.25) is 4.79 Å². The molecule has 1 rings (SSSR count). The minimum Gasteiger partial charge on any atom is -0.491 e. The molecule has 0 radical (unpaired) electrons. The third-order valence-electron chi connectivity index (χ3n) is 1.97. The fraction of sp³-hybridized carbons (Fsp3) is 0.364. The van der Waals surface area contributed by atoms with Crippen LogP contribution in [0, 0.1) is 0 Å². The fourth-order valence-electron chi connectivity index (χ4n) is 1.04. The lowest BCUT2D eigenvalue weighted by molar-refractivity contribution is -0.105. The van der Waals surface area contributed by atoms with Gasteiger partial charge in [-0.25, -0.2) is 0 Å². The molecule has 0 aliphatic heterocycles. The quantitative estimate of drug-likeness (QED) is 0.729. The predicted molar refractivity (Wildman–Crippen MR) is 56.5 cm³/mol.